The molecule has 1 saturated heterocycles. The van der Waals surface area contributed by atoms with Crippen LogP contribution in [0.1, 0.15) is 27.7 Å². The van der Waals surface area contributed by atoms with Gasteiger partial charge in [-0.25, -0.2) is 9.18 Å². The maximum Gasteiger partial charge on any atom is 0.343 e. The van der Waals surface area contributed by atoms with Crippen LogP contribution >= 0.6 is 0 Å². The standard InChI is InChI=1S/C24H31FO5Si/c1-5-28-23(27)20(25)21(26)22-19(30-22)16-29-31(24(2,3)4,17-12-8-6-9-13-17)18-14-10-7-11-15-18/h6-15,19-22,26H,5,16H2,1-4H3/t19-,20-,21+,22+/m0/s1. The first kappa shape index (κ1) is 23.6. The molecule has 0 aromatic heterocycles. The Kier molecular flexibility index (Phi) is 7.31. The molecule has 4 atom stereocenters. The molecule has 0 amide bonds. The first-order chi connectivity index (χ1) is 14.7. The van der Waals surface area contributed by atoms with E-state index in [0.29, 0.717) is 0 Å². The van der Waals surface area contributed by atoms with E-state index in [9.17, 15) is 14.3 Å². The number of carbonyl (C=O) groups is 1. The molecule has 3 rings (SSSR count). The van der Waals surface area contributed by atoms with Gasteiger partial charge in [-0.2, -0.15) is 0 Å². The van der Waals surface area contributed by atoms with Crippen molar-refractivity contribution in [2.24, 2.45) is 0 Å². The minimum Gasteiger partial charge on any atom is -0.464 e. The van der Waals surface area contributed by atoms with E-state index in [2.05, 4.69) is 49.8 Å². The van der Waals surface area contributed by atoms with Crippen molar-refractivity contribution < 1.29 is 28.2 Å². The van der Waals surface area contributed by atoms with Gasteiger partial charge in [-0.1, -0.05) is 81.4 Å². The number of hydrogen-bond donors (Lipinski definition) is 1. The maximum atomic E-state index is 14.2. The number of epoxide rings is 1. The minimum atomic E-state index is -2.75. The Labute approximate surface area is 184 Å². The fraction of sp³-hybridized carbons (Fsp3) is 0.458. The van der Waals surface area contributed by atoms with Crippen molar-refractivity contribution in [3.8, 4) is 0 Å². The summed E-state index contributed by atoms with van der Waals surface area (Å²) in [6, 6.07) is 20.3. The smallest absolute Gasteiger partial charge is 0.343 e. The molecule has 7 heteroatoms. The van der Waals surface area contributed by atoms with Crippen LogP contribution in [0.2, 0.25) is 5.04 Å². The lowest BCUT2D eigenvalue weighted by Crippen LogP contribution is -2.66. The molecule has 1 aliphatic heterocycles. The highest BCUT2D eigenvalue weighted by Gasteiger charge is 2.54. The number of hydrogen-bond acceptors (Lipinski definition) is 5. The molecule has 5 nitrogen and oxygen atoms in total. The predicted octanol–water partition coefficient (Wildman–Crippen LogP) is 2.59. The number of aliphatic hydroxyl groups is 1. The summed E-state index contributed by atoms with van der Waals surface area (Å²) in [6.07, 6.45) is -4.99. The van der Waals surface area contributed by atoms with E-state index < -0.39 is 38.8 Å². The molecule has 1 aliphatic rings. The summed E-state index contributed by atoms with van der Waals surface area (Å²) in [4.78, 5) is 11.6. The molecule has 0 radical (unpaired) electrons. The van der Waals surface area contributed by atoms with Gasteiger partial charge in [-0.05, 0) is 22.3 Å². The zero-order chi connectivity index (χ0) is 22.6. The number of aliphatic hydroxyl groups excluding tert-OH is 1. The van der Waals surface area contributed by atoms with Gasteiger partial charge in [0.05, 0.1) is 13.2 Å². The lowest BCUT2D eigenvalue weighted by atomic mass is 10.1. The Hall–Kier alpha value is -2.06. The van der Waals surface area contributed by atoms with Crippen LogP contribution in [0.4, 0.5) is 4.39 Å². The van der Waals surface area contributed by atoms with Crippen molar-refractivity contribution in [1.29, 1.82) is 0 Å². The van der Waals surface area contributed by atoms with E-state index in [1.165, 1.54) is 0 Å². The second kappa shape index (κ2) is 9.61. The van der Waals surface area contributed by atoms with Crippen LogP contribution in [0, 0.1) is 0 Å². The molecule has 2 aromatic rings. The van der Waals surface area contributed by atoms with Gasteiger partial charge >= 0.3 is 5.97 Å². The van der Waals surface area contributed by atoms with E-state index in [0.717, 1.165) is 10.4 Å². The highest BCUT2D eigenvalue weighted by molar-refractivity contribution is 6.99. The van der Waals surface area contributed by atoms with Gasteiger partial charge in [-0.3, -0.25) is 0 Å². The quantitative estimate of drug-likeness (QED) is 0.364. The highest BCUT2D eigenvalue weighted by Crippen LogP contribution is 2.38. The zero-order valence-corrected chi connectivity index (χ0v) is 19.5. The Morgan fingerprint density at radius 2 is 1.61 bits per heavy atom. The Morgan fingerprint density at radius 3 is 2.06 bits per heavy atom. The van der Waals surface area contributed by atoms with Crippen molar-refractivity contribution in [2.75, 3.05) is 13.2 Å². The average Bonchev–Trinajstić information content (AvgIpc) is 3.53. The summed E-state index contributed by atoms with van der Waals surface area (Å²) in [6.45, 7) is 8.33. The van der Waals surface area contributed by atoms with Crippen LogP contribution in [-0.2, 0) is 18.7 Å². The van der Waals surface area contributed by atoms with Crippen molar-refractivity contribution in [2.45, 2.75) is 57.2 Å². The summed E-state index contributed by atoms with van der Waals surface area (Å²) in [7, 11) is -2.75. The Morgan fingerprint density at radius 1 is 1.10 bits per heavy atom. The number of halogens is 1. The zero-order valence-electron chi connectivity index (χ0n) is 18.5. The number of rotatable bonds is 9. The summed E-state index contributed by atoms with van der Waals surface area (Å²) in [5.41, 5.74) is 0. The van der Waals surface area contributed by atoms with E-state index in [-0.39, 0.29) is 18.3 Å². The lowest BCUT2D eigenvalue weighted by Gasteiger charge is -2.43. The SMILES string of the molecule is CCOC(=O)[C@@H](F)[C@@H](O)[C@@H]1O[C@H]1CO[Si](c1ccccc1)(c1ccccc1)C(C)(C)C. The van der Waals surface area contributed by atoms with Crippen molar-refractivity contribution in [1.82, 2.24) is 0 Å². The Bertz CT molecular complexity index is 816. The molecular formula is C24H31FO5Si. The van der Waals surface area contributed by atoms with E-state index in [1.54, 1.807) is 6.92 Å². The van der Waals surface area contributed by atoms with E-state index in [1.807, 2.05) is 36.4 Å². The normalized spacial score (nSPS) is 20.7. The molecule has 168 valence electrons. The predicted molar refractivity (Wildman–Crippen MR) is 120 cm³/mol. The van der Waals surface area contributed by atoms with Gasteiger partial charge in [-0.15, -0.1) is 0 Å². The number of benzene rings is 2. The summed E-state index contributed by atoms with van der Waals surface area (Å²) in [5.74, 6) is -1.07. The monoisotopic (exact) mass is 446 g/mol. The molecule has 1 heterocycles. The van der Waals surface area contributed by atoms with Crippen molar-refractivity contribution in [3.63, 3.8) is 0 Å². The van der Waals surface area contributed by atoms with Crippen LogP contribution in [0.15, 0.2) is 60.7 Å². The summed E-state index contributed by atoms with van der Waals surface area (Å²) < 4.78 is 31.1. The highest BCUT2D eigenvalue weighted by atomic mass is 28.4. The van der Waals surface area contributed by atoms with Crippen LogP contribution in [0.25, 0.3) is 0 Å². The first-order valence-electron chi connectivity index (χ1n) is 10.6. The molecule has 0 saturated carbocycles. The van der Waals surface area contributed by atoms with Gasteiger partial charge < -0.3 is 19.0 Å². The minimum absolute atomic E-state index is 0.0535. The molecule has 0 unspecified atom stereocenters. The molecule has 2 aromatic carbocycles. The van der Waals surface area contributed by atoms with E-state index >= 15 is 0 Å². The number of alkyl halides is 1. The topological polar surface area (TPSA) is 68.3 Å². The van der Waals surface area contributed by atoms with Gasteiger partial charge in [0.1, 0.15) is 18.3 Å². The fourth-order valence-electron chi connectivity index (χ4n) is 4.09. The third kappa shape index (κ3) is 4.90. The number of ether oxygens (including phenoxy) is 2. The van der Waals surface area contributed by atoms with Crippen LogP contribution < -0.4 is 10.4 Å². The molecule has 0 bridgehead atoms. The molecular weight excluding hydrogens is 415 g/mol. The third-order valence-corrected chi connectivity index (χ3v) is 10.7. The average molecular weight is 447 g/mol. The molecule has 0 aliphatic carbocycles. The number of esters is 1. The maximum absolute atomic E-state index is 14.2. The lowest BCUT2D eigenvalue weighted by molar-refractivity contribution is -0.154. The van der Waals surface area contributed by atoms with Gasteiger partial charge in [0.25, 0.3) is 8.32 Å². The second-order valence-corrected chi connectivity index (χ2v) is 13.1. The molecule has 31 heavy (non-hydrogen) atoms. The Balaban J connectivity index is 1.82. The molecule has 1 fully saturated rings. The van der Waals surface area contributed by atoms with Crippen LogP contribution in [0.5, 0.6) is 0 Å². The van der Waals surface area contributed by atoms with Crippen LogP contribution in [0.3, 0.4) is 0 Å². The fourth-order valence-corrected chi connectivity index (χ4v) is 8.66. The van der Waals surface area contributed by atoms with Gasteiger partial charge in [0.2, 0.25) is 6.17 Å². The molecule has 1 N–H and O–H groups in total. The van der Waals surface area contributed by atoms with Crippen LogP contribution in [-0.4, -0.2) is 57.1 Å². The van der Waals surface area contributed by atoms with E-state index in [4.69, 9.17) is 9.16 Å². The van der Waals surface area contributed by atoms with Gasteiger partial charge in [0.15, 0.2) is 0 Å². The van der Waals surface area contributed by atoms with Crippen molar-refractivity contribution >= 4 is 24.7 Å². The third-order valence-electron chi connectivity index (χ3n) is 5.65. The van der Waals surface area contributed by atoms with Crippen molar-refractivity contribution in [3.05, 3.63) is 60.7 Å². The first-order valence-corrected chi connectivity index (χ1v) is 12.5. The molecule has 0 spiro atoms. The summed E-state index contributed by atoms with van der Waals surface area (Å²) in [5, 5.41) is 12.3. The number of carbonyl (C=O) groups excluding carboxylic acids is 1. The second-order valence-electron chi connectivity index (χ2n) is 8.76. The largest absolute Gasteiger partial charge is 0.464 e. The van der Waals surface area contributed by atoms with Gasteiger partial charge in [0, 0.05) is 0 Å². The summed E-state index contributed by atoms with van der Waals surface area (Å²) >= 11 is 0.